The van der Waals surface area contributed by atoms with Crippen LogP contribution in [0, 0.1) is 0 Å². The lowest BCUT2D eigenvalue weighted by Crippen LogP contribution is -2.10. The molecule has 0 aliphatic rings. The molecular formula is C12H18O3P+. The maximum atomic E-state index is 11.2. The fourth-order valence-corrected chi connectivity index (χ4v) is 1.79. The highest BCUT2D eigenvalue weighted by atomic mass is 31.1. The predicted molar refractivity (Wildman–Crippen MR) is 65.0 cm³/mol. The molecular weight excluding hydrogens is 223 g/mol. The molecule has 0 spiro atoms. The van der Waals surface area contributed by atoms with Crippen molar-refractivity contribution in [1.82, 2.24) is 0 Å². The molecule has 1 aromatic rings. The molecule has 1 unspecified atom stereocenters. The summed E-state index contributed by atoms with van der Waals surface area (Å²) in [7, 11) is -2.04. The molecule has 0 aliphatic heterocycles. The molecule has 1 rings (SSSR count). The molecule has 0 heterocycles. The van der Waals surface area contributed by atoms with Gasteiger partial charge in [-0.05, 0) is 30.0 Å². The molecule has 0 radical (unpaired) electrons. The monoisotopic (exact) mass is 241 g/mol. The Morgan fingerprint density at radius 1 is 1.19 bits per heavy atom. The molecule has 0 aliphatic carbocycles. The van der Waals surface area contributed by atoms with Crippen LogP contribution in [0.1, 0.15) is 33.3 Å². The zero-order valence-corrected chi connectivity index (χ0v) is 11.1. The molecule has 0 aromatic heterocycles. The van der Waals surface area contributed by atoms with Crippen LogP contribution in [0.3, 0.4) is 0 Å². The third kappa shape index (κ3) is 3.92. The molecule has 4 heteroatoms. The predicted octanol–water partition coefficient (Wildman–Crippen LogP) is 4.06. The van der Waals surface area contributed by atoms with E-state index in [9.17, 15) is 4.57 Å². The summed E-state index contributed by atoms with van der Waals surface area (Å²) in [6.07, 6.45) is 0. The lowest BCUT2D eigenvalue weighted by Gasteiger charge is -2.18. The molecule has 0 fully saturated rings. The molecule has 16 heavy (non-hydrogen) atoms. The largest absolute Gasteiger partial charge is 0.750 e. The summed E-state index contributed by atoms with van der Waals surface area (Å²) in [5.41, 5.74) is 1.33. The van der Waals surface area contributed by atoms with Crippen LogP contribution in [0.5, 0.6) is 5.75 Å². The summed E-state index contributed by atoms with van der Waals surface area (Å²) < 4.78 is 21.1. The van der Waals surface area contributed by atoms with Gasteiger partial charge in [0.05, 0.1) is 0 Å². The van der Waals surface area contributed by atoms with Gasteiger partial charge in [-0.2, -0.15) is 0 Å². The second-order valence-electron chi connectivity index (χ2n) is 4.51. The highest BCUT2D eigenvalue weighted by Gasteiger charge is 2.21. The lowest BCUT2D eigenvalue weighted by molar-refractivity contribution is 0.302. The summed E-state index contributed by atoms with van der Waals surface area (Å²) in [5, 5.41) is 0. The van der Waals surface area contributed by atoms with Crippen molar-refractivity contribution in [3.63, 3.8) is 0 Å². The van der Waals surface area contributed by atoms with E-state index >= 15 is 0 Å². The fraction of sp³-hybridized carbons (Fsp3) is 0.500. The van der Waals surface area contributed by atoms with E-state index in [0.717, 1.165) is 0 Å². The van der Waals surface area contributed by atoms with Crippen molar-refractivity contribution in [2.24, 2.45) is 0 Å². The van der Waals surface area contributed by atoms with Crippen molar-refractivity contribution in [1.29, 1.82) is 0 Å². The van der Waals surface area contributed by atoms with Crippen LogP contribution in [-0.2, 0) is 14.5 Å². The van der Waals surface area contributed by atoms with Gasteiger partial charge < -0.3 is 0 Å². The van der Waals surface area contributed by atoms with E-state index in [-0.39, 0.29) is 5.41 Å². The van der Waals surface area contributed by atoms with Gasteiger partial charge in [0.1, 0.15) is 6.61 Å². The first kappa shape index (κ1) is 13.1. The molecule has 0 N–H and O–H groups in total. The minimum absolute atomic E-state index is 0.112. The van der Waals surface area contributed by atoms with Gasteiger partial charge in [-0.1, -0.05) is 32.9 Å². The van der Waals surface area contributed by atoms with Gasteiger partial charge in [0.25, 0.3) is 0 Å². The second kappa shape index (κ2) is 5.42. The average Bonchev–Trinajstić information content (AvgIpc) is 2.17. The van der Waals surface area contributed by atoms with Gasteiger partial charge in [0.15, 0.2) is 5.75 Å². The summed E-state index contributed by atoms with van der Waals surface area (Å²) in [6.45, 7) is 8.59. The van der Waals surface area contributed by atoms with Gasteiger partial charge >= 0.3 is 8.25 Å². The Morgan fingerprint density at radius 2 is 1.75 bits per heavy atom. The maximum absolute atomic E-state index is 11.2. The minimum Gasteiger partial charge on any atom is -0.229 e. The average molecular weight is 241 g/mol. The molecule has 1 aromatic carbocycles. The molecule has 0 bridgehead atoms. The van der Waals surface area contributed by atoms with Crippen molar-refractivity contribution >= 4 is 8.25 Å². The van der Waals surface area contributed by atoms with Crippen LogP contribution in [0.2, 0.25) is 0 Å². The highest BCUT2D eigenvalue weighted by molar-refractivity contribution is 7.33. The van der Waals surface area contributed by atoms with E-state index in [1.54, 1.807) is 6.92 Å². The van der Waals surface area contributed by atoms with Gasteiger partial charge in [0.2, 0.25) is 0 Å². The Morgan fingerprint density at radius 3 is 2.19 bits per heavy atom. The zero-order valence-electron chi connectivity index (χ0n) is 10.2. The SMILES string of the molecule is CCO[P+](=O)Oc1ccc(C(C)(C)C)cc1. The third-order valence-electron chi connectivity index (χ3n) is 2.13. The number of benzene rings is 1. The smallest absolute Gasteiger partial charge is 0.229 e. The summed E-state index contributed by atoms with van der Waals surface area (Å²) in [4.78, 5) is 0. The van der Waals surface area contributed by atoms with E-state index in [2.05, 4.69) is 20.8 Å². The standard InChI is InChI=1S/C12H18O3P/c1-5-14-16(13)15-11-8-6-10(7-9-11)12(2,3)4/h6-9H,5H2,1-4H3/q+1. The zero-order chi connectivity index (χ0) is 12.2. The summed E-state index contributed by atoms with van der Waals surface area (Å²) in [6, 6.07) is 7.58. The Labute approximate surface area is 97.7 Å². The van der Waals surface area contributed by atoms with Gasteiger partial charge in [-0.3, -0.25) is 0 Å². The van der Waals surface area contributed by atoms with Crippen molar-refractivity contribution in [3.8, 4) is 5.75 Å². The van der Waals surface area contributed by atoms with Crippen LogP contribution < -0.4 is 4.52 Å². The molecule has 88 valence electrons. The van der Waals surface area contributed by atoms with Crippen LogP contribution in [0.15, 0.2) is 24.3 Å². The Balaban J connectivity index is 2.69. The summed E-state index contributed by atoms with van der Waals surface area (Å²) in [5.74, 6) is 0.572. The van der Waals surface area contributed by atoms with E-state index in [1.807, 2.05) is 24.3 Å². The third-order valence-corrected chi connectivity index (χ3v) is 2.96. The van der Waals surface area contributed by atoms with Gasteiger partial charge in [-0.25, -0.2) is 4.52 Å². The molecule has 3 nitrogen and oxygen atoms in total. The van der Waals surface area contributed by atoms with Crippen LogP contribution in [-0.4, -0.2) is 6.61 Å². The first-order valence-electron chi connectivity index (χ1n) is 5.32. The Kier molecular flexibility index (Phi) is 4.45. The molecule has 0 saturated carbocycles. The lowest BCUT2D eigenvalue weighted by atomic mass is 9.87. The molecule has 0 amide bonds. The normalized spacial score (nSPS) is 12.4. The Bertz CT molecular complexity index is 352. The van der Waals surface area contributed by atoms with Crippen LogP contribution in [0.25, 0.3) is 0 Å². The van der Waals surface area contributed by atoms with E-state index in [1.165, 1.54) is 5.56 Å². The highest BCUT2D eigenvalue weighted by Crippen LogP contribution is 2.30. The van der Waals surface area contributed by atoms with Crippen molar-refractivity contribution in [3.05, 3.63) is 29.8 Å². The first-order valence-corrected chi connectivity index (χ1v) is 6.41. The van der Waals surface area contributed by atoms with Gasteiger partial charge in [-0.15, -0.1) is 4.52 Å². The molecule has 1 atom stereocenters. The van der Waals surface area contributed by atoms with Crippen molar-refractivity contribution in [2.45, 2.75) is 33.1 Å². The first-order chi connectivity index (χ1) is 7.43. The van der Waals surface area contributed by atoms with Crippen molar-refractivity contribution in [2.75, 3.05) is 6.61 Å². The topological polar surface area (TPSA) is 35.5 Å². The summed E-state index contributed by atoms with van der Waals surface area (Å²) >= 11 is 0. The van der Waals surface area contributed by atoms with Gasteiger partial charge in [0, 0.05) is 4.57 Å². The van der Waals surface area contributed by atoms with E-state index in [4.69, 9.17) is 9.05 Å². The number of hydrogen-bond acceptors (Lipinski definition) is 3. The van der Waals surface area contributed by atoms with E-state index in [0.29, 0.717) is 12.4 Å². The van der Waals surface area contributed by atoms with Crippen molar-refractivity contribution < 1.29 is 13.6 Å². The van der Waals surface area contributed by atoms with E-state index < -0.39 is 8.25 Å². The Hall–Kier alpha value is -0.920. The minimum atomic E-state index is -2.04. The number of rotatable bonds is 4. The van der Waals surface area contributed by atoms with Crippen LogP contribution >= 0.6 is 8.25 Å². The fourth-order valence-electron chi connectivity index (χ4n) is 1.23. The second-order valence-corrected chi connectivity index (χ2v) is 5.40. The quantitative estimate of drug-likeness (QED) is 0.746. The maximum Gasteiger partial charge on any atom is 0.750 e. The molecule has 0 saturated heterocycles. The van der Waals surface area contributed by atoms with Crippen LogP contribution in [0.4, 0.5) is 0 Å². The number of hydrogen-bond donors (Lipinski definition) is 0.